The van der Waals surface area contributed by atoms with Gasteiger partial charge >= 0.3 is 0 Å². The summed E-state index contributed by atoms with van der Waals surface area (Å²) in [6, 6.07) is 4.45. The van der Waals surface area contributed by atoms with Crippen LogP contribution in [0, 0.1) is 12.7 Å². The Labute approximate surface area is 123 Å². The first-order valence-corrected chi connectivity index (χ1v) is 6.93. The minimum Gasteiger partial charge on any atom is -0.307 e. The van der Waals surface area contributed by atoms with Gasteiger partial charge in [0.05, 0.1) is 6.04 Å². The molecule has 0 saturated carbocycles. The van der Waals surface area contributed by atoms with Crippen molar-refractivity contribution in [2.24, 2.45) is 0 Å². The highest BCUT2D eigenvalue weighted by atomic mass is 35.5. The maximum absolute atomic E-state index is 13.8. The molecule has 1 heterocycles. The highest BCUT2D eigenvalue weighted by Crippen LogP contribution is 2.21. The largest absolute Gasteiger partial charge is 0.307 e. The molecule has 2 rings (SSSR count). The number of rotatable bonds is 5. The van der Waals surface area contributed by atoms with Crippen LogP contribution in [0.3, 0.4) is 0 Å². The molecule has 1 N–H and O–H groups in total. The summed E-state index contributed by atoms with van der Waals surface area (Å²) in [6.45, 7) is 4.68. The van der Waals surface area contributed by atoms with Gasteiger partial charge in [0.2, 0.25) is 0 Å². The first-order valence-electron chi connectivity index (χ1n) is 6.56. The molecule has 1 unspecified atom stereocenters. The number of benzene rings is 1. The number of halogens is 2. The molecule has 106 valence electrons. The van der Waals surface area contributed by atoms with Crippen LogP contribution in [-0.2, 0) is 6.42 Å². The number of nitrogens with zero attached hydrogens (tertiary/aromatic N) is 2. The quantitative estimate of drug-likeness (QED) is 0.917. The Morgan fingerprint density at radius 2 is 2.00 bits per heavy atom. The van der Waals surface area contributed by atoms with E-state index in [4.69, 9.17) is 11.6 Å². The second-order valence-electron chi connectivity index (χ2n) is 4.67. The molecule has 1 atom stereocenters. The monoisotopic (exact) mass is 293 g/mol. The number of aromatic nitrogens is 2. The third-order valence-corrected chi connectivity index (χ3v) is 3.23. The fourth-order valence-electron chi connectivity index (χ4n) is 2.00. The Morgan fingerprint density at radius 3 is 2.65 bits per heavy atom. The molecule has 20 heavy (non-hydrogen) atoms. The summed E-state index contributed by atoms with van der Waals surface area (Å²) in [5, 5.41) is 3.81. The molecule has 0 aliphatic rings. The van der Waals surface area contributed by atoms with E-state index in [9.17, 15) is 4.39 Å². The Kier molecular flexibility index (Phi) is 5.04. The number of hydrogen-bond donors (Lipinski definition) is 1. The van der Waals surface area contributed by atoms with E-state index in [1.165, 1.54) is 6.07 Å². The van der Waals surface area contributed by atoms with Gasteiger partial charge in [-0.15, -0.1) is 0 Å². The van der Waals surface area contributed by atoms with E-state index >= 15 is 0 Å². The molecule has 3 nitrogen and oxygen atoms in total. The molecule has 0 spiro atoms. The van der Waals surface area contributed by atoms with E-state index < -0.39 is 0 Å². The average Bonchev–Trinajstić information content (AvgIpc) is 2.43. The van der Waals surface area contributed by atoms with Gasteiger partial charge in [-0.2, -0.15) is 0 Å². The molecular formula is C15H17ClFN3. The van der Waals surface area contributed by atoms with Crippen LogP contribution in [0.5, 0.6) is 0 Å². The van der Waals surface area contributed by atoms with E-state index in [1.807, 2.05) is 13.8 Å². The van der Waals surface area contributed by atoms with Gasteiger partial charge in [0, 0.05) is 17.4 Å². The minimum atomic E-state index is -0.260. The van der Waals surface area contributed by atoms with Gasteiger partial charge in [-0.25, -0.2) is 14.4 Å². The van der Waals surface area contributed by atoms with Crippen molar-refractivity contribution in [3.63, 3.8) is 0 Å². The van der Waals surface area contributed by atoms with Gasteiger partial charge in [-0.05, 0) is 49.2 Å². The third-order valence-electron chi connectivity index (χ3n) is 2.99. The third kappa shape index (κ3) is 3.74. The van der Waals surface area contributed by atoms with Gasteiger partial charge in [0.25, 0.3) is 0 Å². The van der Waals surface area contributed by atoms with Crippen molar-refractivity contribution in [3.8, 4) is 0 Å². The van der Waals surface area contributed by atoms with Gasteiger partial charge in [0.1, 0.15) is 11.6 Å². The van der Waals surface area contributed by atoms with Crippen LogP contribution in [0.15, 0.2) is 30.6 Å². The lowest BCUT2D eigenvalue weighted by Gasteiger charge is -2.17. The molecule has 0 radical (unpaired) electrons. The van der Waals surface area contributed by atoms with Crippen LogP contribution in [0.25, 0.3) is 0 Å². The van der Waals surface area contributed by atoms with Crippen molar-refractivity contribution >= 4 is 11.6 Å². The van der Waals surface area contributed by atoms with Crippen LogP contribution >= 0.6 is 11.6 Å². The van der Waals surface area contributed by atoms with Crippen LogP contribution in [0.2, 0.25) is 5.02 Å². The molecule has 2 aromatic rings. The predicted molar refractivity (Wildman–Crippen MR) is 78.3 cm³/mol. The lowest BCUT2D eigenvalue weighted by molar-refractivity contribution is 0.505. The zero-order chi connectivity index (χ0) is 14.5. The summed E-state index contributed by atoms with van der Waals surface area (Å²) >= 11 is 5.93. The number of likely N-dealkylation sites (N-methyl/N-ethyl adjacent to an activating group) is 1. The molecule has 0 aliphatic carbocycles. The minimum absolute atomic E-state index is 0.131. The number of nitrogens with one attached hydrogen (secondary N) is 1. The maximum atomic E-state index is 13.8. The lowest BCUT2D eigenvalue weighted by Crippen LogP contribution is -2.25. The molecule has 0 saturated heterocycles. The van der Waals surface area contributed by atoms with Crippen molar-refractivity contribution in [3.05, 3.63) is 58.4 Å². The van der Waals surface area contributed by atoms with Crippen molar-refractivity contribution in [2.45, 2.75) is 26.3 Å². The summed E-state index contributed by atoms with van der Waals surface area (Å²) < 4.78 is 13.8. The van der Waals surface area contributed by atoms with Crippen molar-refractivity contribution in [1.29, 1.82) is 0 Å². The van der Waals surface area contributed by atoms with Gasteiger partial charge in [-0.1, -0.05) is 18.5 Å². The predicted octanol–water partition coefficient (Wildman–Crippen LogP) is 3.47. The van der Waals surface area contributed by atoms with Crippen LogP contribution < -0.4 is 5.32 Å². The summed E-state index contributed by atoms with van der Waals surface area (Å²) in [4.78, 5) is 8.63. The molecular weight excluding hydrogens is 277 g/mol. The van der Waals surface area contributed by atoms with Gasteiger partial charge in [0.15, 0.2) is 0 Å². The molecule has 0 fully saturated rings. The van der Waals surface area contributed by atoms with Crippen LogP contribution in [0.4, 0.5) is 4.39 Å². The zero-order valence-electron chi connectivity index (χ0n) is 11.5. The summed E-state index contributed by atoms with van der Waals surface area (Å²) in [6.07, 6.45) is 3.99. The second kappa shape index (κ2) is 6.77. The fraction of sp³-hybridized carbons (Fsp3) is 0.333. The van der Waals surface area contributed by atoms with Crippen molar-refractivity contribution in [2.75, 3.05) is 6.54 Å². The summed E-state index contributed by atoms with van der Waals surface area (Å²) in [5.41, 5.74) is 1.56. The zero-order valence-corrected chi connectivity index (χ0v) is 12.3. The fourth-order valence-corrected chi connectivity index (χ4v) is 2.20. The topological polar surface area (TPSA) is 37.8 Å². The van der Waals surface area contributed by atoms with E-state index in [1.54, 1.807) is 24.5 Å². The molecule has 1 aromatic heterocycles. The van der Waals surface area contributed by atoms with Crippen LogP contribution in [0.1, 0.15) is 29.9 Å². The van der Waals surface area contributed by atoms with Crippen LogP contribution in [-0.4, -0.2) is 16.5 Å². The first-order chi connectivity index (χ1) is 9.60. The maximum Gasteiger partial charge on any atom is 0.145 e. The Hall–Kier alpha value is -1.52. The molecule has 0 aliphatic heterocycles. The average molecular weight is 294 g/mol. The first kappa shape index (κ1) is 14.9. The van der Waals surface area contributed by atoms with E-state index in [0.717, 1.165) is 12.1 Å². The molecule has 0 amide bonds. The van der Waals surface area contributed by atoms with Crippen molar-refractivity contribution in [1.82, 2.24) is 15.3 Å². The summed E-state index contributed by atoms with van der Waals surface area (Å²) in [7, 11) is 0. The molecule has 0 bridgehead atoms. The summed E-state index contributed by atoms with van der Waals surface area (Å²) in [5.74, 6) is 0.404. The highest BCUT2D eigenvalue weighted by molar-refractivity contribution is 6.30. The van der Waals surface area contributed by atoms with E-state index in [0.29, 0.717) is 22.8 Å². The van der Waals surface area contributed by atoms with Gasteiger partial charge in [-0.3, -0.25) is 0 Å². The van der Waals surface area contributed by atoms with E-state index in [-0.39, 0.29) is 11.9 Å². The SMILES string of the molecule is CCNC(Cc1cc(Cl)ccc1F)c1ncc(C)cn1. The normalized spacial score (nSPS) is 12.4. The second-order valence-corrected chi connectivity index (χ2v) is 5.11. The lowest BCUT2D eigenvalue weighted by atomic mass is 10.0. The van der Waals surface area contributed by atoms with Gasteiger partial charge < -0.3 is 5.32 Å². The Morgan fingerprint density at radius 1 is 1.30 bits per heavy atom. The number of aryl methyl sites for hydroxylation is 1. The van der Waals surface area contributed by atoms with E-state index in [2.05, 4.69) is 15.3 Å². The Balaban J connectivity index is 2.25. The Bertz CT molecular complexity index is 572. The molecule has 5 heteroatoms. The smallest absolute Gasteiger partial charge is 0.145 e. The molecule has 1 aromatic carbocycles. The highest BCUT2D eigenvalue weighted by Gasteiger charge is 2.16. The number of hydrogen-bond acceptors (Lipinski definition) is 3. The van der Waals surface area contributed by atoms with Crippen molar-refractivity contribution < 1.29 is 4.39 Å². The standard InChI is InChI=1S/C15H17ClFN3/c1-3-18-14(15-19-8-10(2)9-20-15)7-11-6-12(16)4-5-13(11)17/h4-6,8-9,14,18H,3,7H2,1-2H3.